The third kappa shape index (κ3) is 0.707. The Morgan fingerprint density at radius 3 is 3.14 bits per heavy atom. The number of rotatable bonds is 1. The van der Waals surface area contributed by atoms with Gasteiger partial charge in [-0.1, -0.05) is 0 Å². The molecule has 0 unspecified atom stereocenters. The van der Waals surface area contributed by atoms with E-state index < -0.39 is 0 Å². The molecule has 0 radical (unpaired) electrons. The standard InChI is InChI=1S/C4H5NO2/c6-2-4-1-5-3-7-4/h1-2,5H,3H2. The maximum Gasteiger partial charge on any atom is 0.186 e. The van der Waals surface area contributed by atoms with Crippen LogP contribution in [0.4, 0.5) is 0 Å². The van der Waals surface area contributed by atoms with E-state index in [4.69, 9.17) is 0 Å². The third-order valence-electron chi connectivity index (χ3n) is 0.683. The van der Waals surface area contributed by atoms with E-state index in [0.717, 1.165) is 0 Å². The van der Waals surface area contributed by atoms with Gasteiger partial charge in [0.1, 0.15) is 0 Å². The van der Waals surface area contributed by atoms with Crippen molar-refractivity contribution in [1.82, 2.24) is 5.32 Å². The highest BCUT2D eigenvalue weighted by molar-refractivity contribution is 5.70. The van der Waals surface area contributed by atoms with E-state index in [9.17, 15) is 4.79 Å². The molecular weight excluding hydrogens is 94.0 g/mol. The van der Waals surface area contributed by atoms with Crippen molar-refractivity contribution in [3.8, 4) is 0 Å². The highest BCUT2D eigenvalue weighted by atomic mass is 16.5. The molecule has 1 heterocycles. The van der Waals surface area contributed by atoms with Crippen molar-refractivity contribution in [2.24, 2.45) is 0 Å². The Balaban J connectivity index is 2.51. The summed E-state index contributed by atoms with van der Waals surface area (Å²) in [4.78, 5) is 9.77. The molecule has 0 aromatic heterocycles. The van der Waals surface area contributed by atoms with Gasteiger partial charge in [0, 0.05) is 6.20 Å². The van der Waals surface area contributed by atoms with Gasteiger partial charge in [-0.3, -0.25) is 4.79 Å². The Kier molecular flexibility index (Phi) is 0.978. The van der Waals surface area contributed by atoms with Crippen molar-refractivity contribution in [3.05, 3.63) is 12.0 Å². The molecule has 1 aliphatic rings. The van der Waals surface area contributed by atoms with Gasteiger partial charge in [-0.2, -0.15) is 0 Å². The van der Waals surface area contributed by atoms with Gasteiger partial charge in [-0.15, -0.1) is 0 Å². The number of hydrogen-bond acceptors (Lipinski definition) is 3. The average Bonchev–Trinajstić information content (AvgIpc) is 2.14. The van der Waals surface area contributed by atoms with E-state index in [2.05, 4.69) is 10.1 Å². The molecule has 38 valence electrons. The SMILES string of the molecule is O=CC1=CNCO1. The number of carbonyl (C=O) groups is 1. The summed E-state index contributed by atoms with van der Waals surface area (Å²) in [6.45, 7) is 0.425. The number of nitrogens with one attached hydrogen (secondary N) is 1. The summed E-state index contributed by atoms with van der Waals surface area (Å²) >= 11 is 0. The molecule has 0 atom stereocenters. The second-order valence-electron chi connectivity index (χ2n) is 1.16. The highest BCUT2D eigenvalue weighted by Gasteiger charge is 1.98. The Morgan fingerprint density at radius 2 is 2.86 bits per heavy atom. The van der Waals surface area contributed by atoms with Crippen LogP contribution in [0.2, 0.25) is 0 Å². The second-order valence-corrected chi connectivity index (χ2v) is 1.16. The fourth-order valence-corrected chi connectivity index (χ4v) is 0.377. The maximum atomic E-state index is 9.77. The quantitative estimate of drug-likeness (QED) is 0.455. The summed E-state index contributed by atoms with van der Waals surface area (Å²) in [5, 5.41) is 2.71. The molecule has 0 saturated carbocycles. The molecular formula is C4H5NO2. The van der Waals surface area contributed by atoms with Crippen molar-refractivity contribution >= 4 is 6.29 Å². The molecule has 0 fully saturated rings. The molecule has 0 saturated heterocycles. The summed E-state index contributed by atoms with van der Waals surface area (Å²) in [6, 6.07) is 0. The maximum absolute atomic E-state index is 9.77. The Morgan fingerprint density at radius 1 is 2.00 bits per heavy atom. The van der Waals surface area contributed by atoms with Crippen LogP contribution < -0.4 is 5.32 Å². The molecule has 7 heavy (non-hydrogen) atoms. The topological polar surface area (TPSA) is 38.3 Å². The van der Waals surface area contributed by atoms with E-state index in [1.807, 2.05) is 0 Å². The molecule has 0 aromatic carbocycles. The molecule has 1 rings (SSSR count). The average molecular weight is 99.1 g/mol. The third-order valence-corrected chi connectivity index (χ3v) is 0.683. The van der Waals surface area contributed by atoms with Crippen LogP contribution in [0.5, 0.6) is 0 Å². The molecule has 0 aromatic rings. The Labute approximate surface area is 41.0 Å². The van der Waals surface area contributed by atoms with Crippen molar-refractivity contribution in [1.29, 1.82) is 0 Å². The largest absolute Gasteiger partial charge is 0.468 e. The predicted molar refractivity (Wildman–Crippen MR) is 23.2 cm³/mol. The van der Waals surface area contributed by atoms with E-state index in [-0.39, 0.29) is 0 Å². The Hall–Kier alpha value is -0.990. The summed E-state index contributed by atoms with van der Waals surface area (Å²) in [5.74, 6) is 0.375. The zero-order chi connectivity index (χ0) is 5.11. The van der Waals surface area contributed by atoms with Crippen molar-refractivity contribution in [2.45, 2.75) is 0 Å². The molecule has 0 aliphatic carbocycles. The van der Waals surface area contributed by atoms with E-state index in [1.165, 1.54) is 6.20 Å². The molecule has 3 nitrogen and oxygen atoms in total. The molecule has 0 amide bonds. The van der Waals surface area contributed by atoms with Gasteiger partial charge >= 0.3 is 0 Å². The van der Waals surface area contributed by atoms with Gasteiger partial charge in [0.25, 0.3) is 0 Å². The number of ether oxygens (including phenoxy) is 1. The zero-order valence-electron chi connectivity index (χ0n) is 3.68. The summed E-state index contributed by atoms with van der Waals surface area (Å²) < 4.78 is 4.68. The number of aldehydes is 1. The van der Waals surface area contributed by atoms with E-state index in [1.54, 1.807) is 0 Å². The first-order chi connectivity index (χ1) is 3.43. The van der Waals surface area contributed by atoms with Crippen LogP contribution in [0.1, 0.15) is 0 Å². The fraction of sp³-hybridized carbons (Fsp3) is 0.250. The Bertz CT molecular complexity index is 108. The van der Waals surface area contributed by atoms with E-state index in [0.29, 0.717) is 18.8 Å². The van der Waals surface area contributed by atoms with Gasteiger partial charge in [-0.25, -0.2) is 0 Å². The lowest BCUT2D eigenvalue weighted by atomic mass is 10.6. The second kappa shape index (κ2) is 1.64. The van der Waals surface area contributed by atoms with E-state index >= 15 is 0 Å². The van der Waals surface area contributed by atoms with Crippen LogP contribution in [0, 0.1) is 0 Å². The lowest BCUT2D eigenvalue weighted by Crippen LogP contribution is -1.98. The fourth-order valence-electron chi connectivity index (χ4n) is 0.377. The van der Waals surface area contributed by atoms with Crippen LogP contribution >= 0.6 is 0 Å². The summed E-state index contributed by atoms with van der Waals surface area (Å²) in [5.41, 5.74) is 0. The summed E-state index contributed by atoms with van der Waals surface area (Å²) in [7, 11) is 0. The molecule has 3 heteroatoms. The van der Waals surface area contributed by atoms with Crippen molar-refractivity contribution in [2.75, 3.05) is 6.73 Å². The van der Waals surface area contributed by atoms with Crippen LogP contribution in [-0.2, 0) is 9.53 Å². The van der Waals surface area contributed by atoms with Gasteiger partial charge in [0.15, 0.2) is 18.8 Å². The highest BCUT2D eigenvalue weighted by Crippen LogP contribution is 1.94. The van der Waals surface area contributed by atoms with Crippen LogP contribution in [0.25, 0.3) is 0 Å². The van der Waals surface area contributed by atoms with Gasteiger partial charge in [0.2, 0.25) is 0 Å². The number of allylic oxidation sites excluding steroid dienone is 1. The first kappa shape index (κ1) is 4.18. The monoisotopic (exact) mass is 99.0 g/mol. The first-order valence-corrected chi connectivity index (χ1v) is 1.95. The van der Waals surface area contributed by atoms with Gasteiger partial charge < -0.3 is 10.1 Å². The smallest absolute Gasteiger partial charge is 0.186 e. The minimum atomic E-state index is 0.375. The normalized spacial score (nSPS) is 16.9. The minimum Gasteiger partial charge on any atom is -0.468 e. The first-order valence-electron chi connectivity index (χ1n) is 1.95. The molecule has 1 N–H and O–H groups in total. The molecule has 1 aliphatic heterocycles. The lowest BCUT2D eigenvalue weighted by Gasteiger charge is -1.87. The van der Waals surface area contributed by atoms with Crippen LogP contribution in [0.3, 0.4) is 0 Å². The minimum absolute atomic E-state index is 0.375. The molecule has 0 spiro atoms. The number of carbonyl (C=O) groups excluding carboxylic acids is 1. The lowest BCUT2D eigenvalue weighted by molar-refractivity contribution is -0.107. The summed E-state index contributed by atoms with van der Waals surface area (Å²) in [6.07, 6.45) is 2.20. The predicted octanol–water partition coefficient (Wildman–Crippen LogP) is -0.396. The van der Waals surface area contributed by atoms with Gasteiger partial charge in [-0.05, 0) is 0 Å². The van der Waals surface area contributed by atoms with Crippen molar-refractivity contribution < 1.29 is 9.53 Å². The number of hydrogen-bond donors (Lipinski definition) is 1. The van der Waals surface area contributed by atoms with Crippen molar-refractivity contribution in [3.63, 3.8) is 0 Å². The van der Waals surface area contributed by atoms with Gasteiger partial charge in [0.05, 0.1) is 0 Å². The zero-order valence-corrected chi connectivity index (χ0v) is 3.68. The molecule has 0 bridgehead atoms. The van der Waals surface area contributed by atoms with Crippen LogP contribution in [0.15, 0.2) is 12.0 Å². The van der Waals surface area contributed by atoms with Crippen LogP contribution in [-0.4, -0.2) is 13.0 Å².